The van der Waals surface area contributed by atoms with E-state index in [0.717, 1.165) is 22.5 Å². The Morgan fingerprint density at radius 2 is 2.00 bits per heavy atom. The first-order chi connectivity index (χ1) is 16.0. The van der Waals surface area contributed by atoms with Crippen molar-refractivity contribution in [3.8, 4) is 11.4 Å². The summed E-state index contributed by atoms with van der Waals surface area (Å²) in [5.74, 6) is 1.70. The molecule has 3 aromatic rings. The van der Waals surface area contributed by atoms with Gasteiger partial charge in [0.2, 0.25) is 5.84 Å². The standard InChI is InChI=1S/C25H25FN4O3/c1-16-14-29(15-27-16)21-9-4-18(12-22(21)31-3)13-23-25-28-33-17(2)24(30(25)10-11-32-23)19-5-7-20(26)8-6-19/h4-9,12-15,17,24H,10-11H2,1-3H3/b23-13+. The lowest BCUT2D eigenvalue weighted by Gasteiger charge is -2.42. The molecular weight excluding hydrogens is 423 g/mol. The van der Waals surface area contributed by atoms with Crippen LogP contribution in [0.4, 0.5) is 4.39 Å². The van der Waals surface area contributed by atoms with E-state index in [1.165, 1.54) is 12.1 Å². The summed E-state index contributed by atoms with van der Waals surface area (Å²) in [5.41, 5.74) is 3.71. The van der Waals surface area contributed by atoms with E-state index < -0.39 is 0 Å². The number of ether oxygens (including phenoxy) is 2. The molecule has 2 aliphatic heterocycles. The highest BCUT2D eigenvalue weighted by atomic mass is 19.1. The Morgan fingerprint density at radius 1 is 1.18 bits per heavy atom. The molecule has 0 bridgehead atoms. The predicted octanol–water partition coefficient (Wildman–Crippen LogP) is 4.48. The average Bonchev–Trinajstić information content (AvgIpc) is 3.26. The Morgan fingerprint density at radius 3 is 2.73 bits per heavy atom. The van der Waals surface area contributed by atoms with Crippen molar-refractivity contribution in [2.24, 2.45) is 5.16 Å². The quantitative estimate of drug-likeness (QED) is 0.589. The van der Waals surface area contributed by atoms with Gasteiger partial charge in [-0.05, 0) is 55.3 Å². The number of fused-ring (bicyclic) bond motifs is 1. The van der Waals surface area contributed by atoms with Crippen molar-refractivity contribution in [2.75, 3.05) is 20.3 Å². The summed E-state index contributed by atoms with van der Waals surface area (Å²) in [7, 11) is 1.64. The third-order valence-corrected chi connectivity index (χ3v) is 5.87. The monoisotopic (exact) mass is 448 g/mol. The van der Waals surface area contributed by atoms with E-state index in [-0.39, 0.29) is 18.0 Å². The molecule has 2 aromatic carbocycles. The van der Waals surface area contributed by atoms with Crippen molar-refractivity contribution in [2.45, 2.75) is 26.0 Å². The number of benzene rings is 2. The minimum atomic E-state index is -0.261. The molecule has 2 unspecified atom stereocenters. The Balaban J connectivity index is 1.47. The summed E-state index contributed by atoms with van der Waals surface area (Å²) in [6, 6.07) is 12.4. The number of nitrogens with zero attached hydrogens (tertiary/aromatic N) is 4. The van der Waals surface area contributed by atoms with Crippen LogP contribution in [-0.2, 0) is 9.57 Å². The molecule has 0 N–H and O–H groups in total. The van der Waals surface area contributed by atoms with Crippen molar-refractivity contribution < 1.29 is 18.7 Å². The predicted molar refractivity (Wildman–Crippen MR) is 123 cm³/mol. The van der Waals surface area contributed by atoms with Crippen molar-refractivity contribution in [3.63, 3.8) is 0 Å². The number of hydrogen-bond acceptors (Lipinski definition) is 6. The van der Waals surface area contributed by atoms with Gasteiger partial charge in [0.1, 0.15) is 24.3 Å². The first-order valence-corrected chi connectivity index (χ1v) is 10.8. The van der Waals surface area contributed by atoms with Crippen molar-refractivity contribution in [3.05, 3.63) is 83.4 Å². The van der Waals surface area contributed by atoms with Gasteiger partial charge in [0.25, 0.3) is 0 Å². The number of rotatable bonds is 4. The van der Waals surface area contributed by atoms with E-state index in [4.69, 9.17) is 14.3 Å². The van der Waals surface area contributed by atoms with Crippen LogP contribution in [0.3, 0.4) is 0 Å². The second kappa shape index (κ2) is 8.61. The largest absolute Gasteiger partial charge is 0.495 e. The highest BCUT2D eigenvalue weighted by Crippen LogP contribution is 2.35. The molecule has 1 aromatic heterocycles. The molecule has 7 nitrogen and oxygen atoms in total. The number of morpholine rings is 1. The first kappa shape index (κ1) is 21.1. The van der Waals surface area contributed by atoms with Gasteiger partial charge in [-0.3, -0.25) is 0 Å². The zero-order valence-electron chi connectivity index (χ0n) is 18.7. The van der Waals surface area contributed by atoms with E-state index in [1.807, 2.05) is 48.9 Å². The van der Waals surface area contributed by atoms with Crippen molar-refractivity contribution >= 4 is 11.9 Å². The summed E-state index contributed by atoms with van der Waals surface area (Å²) in [5, 5.41) is 4.35. The molecule has 2 atom stereocenters. The van der Waals surface area contributed by atoms with Crippen LogP contribution >= 0.6 is 0 Å². The number of hydrogen-bond donors (Lipinski definition) is 0. The molecule has 1 saturated heterocycles. The molecule has 5 rings (SSSR count). The smallest absolute Gasteiger partial charge is 0.211 e. The molecule has 3 heterocycles. The second-order valence-corrected chi connectivity index (χ2v) is 8.13. The van der Waals surface area contributed by atoms with Gasteiger partial charge in [-0.2, -0.15) is 0 Å². The van der Waals surface area contributed by atoms with E-state index >= 15 is 0 Å². The molecule has 0 amide bonds. The number of oxime groups is 1. The normalized spacial score (nSPS) is 21.2. The molecular formula is C25H25FN4O3. The Kier molecular flexibility index (Phi) is 5.50. The summed E-state index contributed by atoms with van der Waals surface area (Å²) in [6.45, 7) is 5.09. The molecule has 170 valence electrons. The summed E-state index contributed by atoms with van der Waals surface area (Å²) >= 11 is 0. The van der Waals surface area contributed by atoms with Gasteiger partial charge in [-0.25, -0.2) is 9.37 Å². The lowest BCUT2D eigenvalue weighted by Crippen LogP contribution is -2.49. The fraction of sp³-hybridized carbons (Fsp3) is 0.280. The number of aromatic nitrogens is 2. The minimum absolute atomic E-state index is 0.0909. The van der Waals surface area contributed by atoms with Crippen LogP contribution in [0.25, 0.3) is 11.8 Å². The Labute approximate surface area is 191 Å². The number of imidazole rings is 1. The molecule has 8 heteroatoms. The summed E-state index contributed by atoms with van der Waals surface area (Å²) < 4.78 is 27.0. The highest BCUT2D eigenvalue weighted by molar-refractivity contribution is 6.01. The van der Waals surface area contributed by atoms with Crippen molar-refractivity contribution in [1.82, 2.24) is 14.5 Å². The van der Waals surface area contributed by atoms with Crippen LogP contribution in [-0.4, -0.2) is 46.7 Å². The van der Waals surface area contributed by atoms with Crippen LogP contribution < -0.4 is 4.74 Å². The molecule has 0 aliphatic carbocycles. The molecule has 0 spiro atoms. The maximum atomic E-state index is 13.5. The van der Waals surface area contributed by atoms with Gasteiger partial charge in [-0.15, -0.1) is 0 Å². The maximum absolute atomic E-state index is 13.5. The topological polar surface area (TPSA) is 61.1 Å². The Bertz CT molecular complexity index is 1220. The van der Waals surface area contributed by atoms with E-state index in [0.29, 0.717) is 30.5 Å². The first-order valence-electron chi connectivity index (χ1n) is 10.8. The zero-order chi connectivity index (χ0) is 22.9. The molecule has 1 fully saturated rings. The minimum Gasteiger partial charge on any atom is -0.495 e. The number of amidine groups is 1. The van der Waals surface area contributed by atoms with E-state index in [9.17, 15) is 4.39 Å². The average molecular weight is 448 g/mol. The fourth-order valence-corrected chi connectivity index (χ4v) is 4.30. The van der Waals surface area contributed by atoms with Crippen LogP contribution in [0.5, 0.6) is 5.75 Å². The summed E-state index contributed by atoms with van der Waals surface area (Å²) in [6.07, 6.45) is 5.45. The number of aryl methyl sites for hydroxylation is 1. The maximum Gasteiger partial charge on any atom is 0.211 e. The van der Waals surface area contributed by atoms with Gasteiger partial charge in [0.05, 0.1) is 37.4 Å². The highest BCUT2D eigenvalue weighted by Gasteiger charge is 2.38. The van der Waals surface area contributed by atoms with Crippen LogP contribution in [0.2, 0.25) is 0 Å². The lowest BCUT2D eigenvalue weighted by molar-refractivity contribution is -0.0221. The zero-order valence-corrected chi connectivity index (χ0v) is 18.7. The second-order valence-electron chi connectivity index (χ2n) is 8.13. The molecule has 0 saturated carbocycles. The van der Waals surface area contributed by atoms with Gasteiger partial charge in [0, 0.05) is 6.20 Å². The van der Waals surface area contributed by atoms with Crippen LogP contribution in [0.1, 0.15) is 29.8 Å². The lowest BCUT2D eigenvalue weighted by atomic mass is 9.98. The molecule has 33 heavy (non-hydrogen) atoms. The molecule has 2 aliphatic rings. The van der Waals surface area contributed by atoms with E-state index in [2.05, 4.69) is 15.0 Å². The van der Waals surface area contributed by atoms with Crippen molar-refractivity contribution in [1.29, 1.82) is 0 Å². The fourth-order valence-electron chi connectivity index (χ4n) is 4.30. The van der Waals surface area contributed by atoms with Gasteiger partial charge < -0.3 is 23.8 Å². The third-order valence-electron chi connectivity index (χ3n) is 5.87. The number of methoxy groups -OCH3 is 1. The SMILES string of the molecule is COc1cc(/C=C2/OCCN3C2=NOC(C)C3c2ccc(F)cc2)ccc1-n1cnc(C)c1. The molecule has 0 radical (unpaired) electrons. The Hall–Kier alpha value is -3.81. The number of halogens is 1. The van der Waals surface area contributed by atoms with Gasteiger partial charge in [-0.1, -0.05) is 23.4 Å². The third kappa shape index (κ3) is 4.04. The van der Waals surface area contributed by atoms with Gasteiger partial charge >= 0.3 is 0 Å². The van der Waals surface area contributed by atoms with Gasteiger partial charge in [0.15, 0.2) is 5.76 Å². The van der Waals surface area contributed by atoms with E-state index in [1.54, 1.807) is 25.6 Å². The summed E-state index contributed by atoms with van der Waals surface area (Å²) in [4.78, 5) is 12.2. The van der Waals surface area contributed by atoms with Crippen LogP contribution in [0.15, 0.2) is 65.9 Å². The van der Waals surface area contributed by atoms with Crippen LogP contribution in [0, 0.1) is 12.7 Å².